The number of hydrogen-bond acceptors (Lipinski definition) is 7. The maximum absolute atomic E-state index is 11.9. The topological polar surface area (TPSA) is 108 Å². The third-order valence-corrected chi connectivity index (χ3v) is 3.62. The fraction of sp³-hybridized carbons (Fsp3) is 0.167. The molecule has 132 valence electrons. The number of carbonyl (C=O) groups excluding carboxylic acids is 1. The number of ether oxygens (including phenoxy) is 1. The SMILES string of the molecule is O=C(CCc1nc(-c2ccccc2)no1)OCc1ccccc1[N+](=O)[O-]. The lowest BCUT2D eigenvalue weighted by atomic mass is 10.2. The van der Waals surface area contributed by atoms with Crippen molar-refractivity contribution in [2.45, 2.75) is 19.4 Å². The van der Waals surface area contributed by atoms with E-state index in [2.05, 4.69) is 10.1 Å². The summed E-state index contributed by atoms with van der Waals surface area (Å²) in [5, 5.41) is 14.8. The Labute approximate surface area is 148 Å². The summed E-state index contributed by atoms with van der Waals surface area (Å²) in [6.45, 7) is -0.158. The Morgan fingerprint density at radius 2 is 1.85 bits per heavy atom. The maximum atomic E-state index is 11.9. The predicted molar refractivity (Wildman–Crippen MR) is 90.9 cm³/mol. The van der Waals surface area contributed by atoms with E-state index in [9.17, 15) is 14.9 Å². The van der Waals surface area contributed by atoms with Crippen molar-refractivity contribution < 1.29 is 19.0 Å². The number of rotatable bonds is 7. The molecular formula is C18H15N3O5. The Balaban J connectivity index is 1.52. The number of aromatic nitrogens is 2. The van der Waals surface area contributed by atoms with Crippen LogP contribution in [-0.2, 0) is 22.6 Å². The van der Waals surface area contributed by atoms with Crippen LogP contribution in [0, 0.1) is 10.1 Å². The average molecular weight is 353 g/mol. The van der Waals surface area contributed by atoms with Gasteiger partial charge in [0.15, 0.2) is 0 Å². The number of esters is 1. The first-order chi connectivity index (χ1) is 12.6. The molecule has 26 heavy (non-hydrogen) atoms. The van der Waals surface area contributed by atoms with Gasteiger partial charge in [-0.3, -0.25) is 14.9 Å². The second kappa shape index (κ2) is 8.02. The Kier molecular flexibility index (Phi) is 5.33. The van der Waals surface area contributed by atoms with Gasteiger partial charge in [-0.1, -0.05) is 47.6 Å². The van der Waals surface area contributed by atoms with Gasteiger partial charge in [-0.25, -0.2) is 0 Å². The number of nitrogens with zero attached hydrogens (tertiary/aromatic N) is 3. The van der Waals surface area contributed by atoms with Gasteiger partial charge >= 0.3 is 5.97 Å². The number of para-hydroxylation sites is 1. The highest BCUT2D eigenvalue weighted by atomic mass is 16.6. The van der Waals surface area contributed by atoms with Crippen LogP contribution in [0.15, 0.2) is 59.1 Å². The van der Waals surface area contributed by atoms with Crippen LogP contribution in [-0.4, -0.2) is 21.0 Å². The summed E-state index contributed by atoms with van der Waals surface area (Å²) in [5.41, 5.74) is 1.08. The summed E-state index contributed by atoms with van der Waals surface area (Å²) in [6, 6.07) is 15.5. The van der Waals surface area contributed by atoms with E-state index in [1.54, 1.807) is 18.2 Å². The molecule has 0 fully saturated rings. The van der Waals surface area contributed by atoms with Crippen molar-refractivity contribution in [3.63, 3.8) is 0 Å². The van der Waals surface area contributed by atoms with Crippen LogP contribution in [0.2, 0.25) is 0 Å². The van der Waals surface area contributed by atoms with Gasteiger partial charge in [-0.2, -0.15) is 4.98 Å². The van der Waals surface area contributed by atoms with Crippen molar-refractivity contribution in [2.24, 2.45) is 0 Å². The molecule has 3 aromatic rings. The fourth-order valence-corrected chi connectivity index (χ4v) is 2.31. The van der Waals surface area contributed by atoms with Crippen molar-refractivity contribution in [3.05, 3.63) is 76.2 Å². The van der Waals surface area contributed by atoms with E-state index in [1.165, 1.54) is 6.07 Å². The fourth-order valence-electron chi connectivity index (χ4n) is 2.31. The Hall–Kier alpha value is -3.55. The van der Waals surface area contributed by atoms with Crippen molar-refractivity contribution in [2.75, 3.05) is 0 Å². The van der Waals surface area contributed by atoms with Gasteiger partial charge < -0.3 is 9.26 Å². The normalized spacial score (nSPS) is 10.5. The third kappa shape index (κ3) is 4.29. The summed E-state index contributed by atoms with van der Waals surface area (Å²) >= 11 is 0. The lowest BCUT2D eigenvalue weighted by molar-refractivity contribution is -0.385. The van der Waals surface area contributed by atoms with Crippen LogP contribution >= 0.6 is 0 Å². The molecule has 0 radical (unpaired) electrons. The molecule has 0 saturated heterocycles. The highest BCUT2D eigenvalue weighted by molar-refractivity contribution is 5.69. The highest BCUT2D eigenvalue weighted by Crippen LogP contribution is 2.19. The second-order valence-electron chi connectivity index (χ2n) is 5.42. The molecule has 0 atom stereocenters. The van der Waals surface area contributed by atoms with E-state index in [4.69, 9.17) is 9.26 Å². The minimum Gasteiger partial charge on any atom is -0.461 e. The first-order valence-electron chi connectivity index (χ1n) is 7.89. The summed E-state index contributed by atoms with van der Waals surface area (Å²) < 4.78 is 10.2. The van der Waals surface area contributed by atoms with Crippen molar-refractivity contribution in [3.8, 4) is 11.4 Å². The molecule has 0 aliphatic heterocycles. The Morgan fingerprint density at radius 1 is 1.12 bits per heavy atom. The van der Waals surface area contributed by atoms with Crippen molar-refractivity contribution in [1.29, 1.82) is 0 Å². The van der Waals surface area contributed by atoms with Gasteiger partial charge in [0.05, 0.1) is 16.9 Å². The molecular weight excluding hydrogens is 338 g/mol. The molecule has 1 aromatic heterocycles. The molecule has 0 unspecified atom stereocenters. The largest absolute Gasteiger partial charge is 0.461 e. The molecule has 0 aliphatic carbocycles. The average Bonchev–Trinajstić information content (AvgIpc) is 3.14. The predicted octanol–water partition coefficient (Wildman–Crippen LogP) is 3.32. The monoisotopic (exact) mass is 353 g/mol. The molecule has 0 bridgehead atoms. The number of nitro benzene ring substituents is 1. The summed E-state index contributed by atoms with van der Waals surface area (Å²) in [6.07, 6.45) is 0.270. The third-order valence-electron chi connectivity index (χ3n) is 3.62. The zero-order valence-electron chi connectivity index (χ0n) is 13.7. The Morgan fingerprint density at radius 3 is 2.62 bits per heavy atom. The molecule has 0 N–H and O–H groups in total. The van der Waals surface area contributed by atoms with Gasteiger partial charge in [-0.15, -0.1) is 0 Å². The summed E-state index contributed by atoms with van der Waals surface area (Å²) in [4.78, 5) is 26.5. The lowest BCUT2D eigenvalue weighted by Crippen LogP contribution is -2.07. The lowest BCUT2D eigenvalue weighted by Gasteiger charge is -2.04. The molecule has 3 rings (SSSR count). The van der Waals surface area contributed by atoms with Crippen molar-refractivity contribution in [1.82, 2.24) is 10.1 Å². The second-order valence-corrected chi connectivity index (χ2v) is 5.42. The molecule has 8 nitrogen and oxygen atoms in total. The summed E-state index contributed by atoms with van der Waals surface area (Å²) in [5.74, 6) is 0.281. The first-order valence-corrected chi connectivity index (χ1v) is 7.89. The molecule has 0 amide bonds. The van der Waals surface area contributed by atoms with Crippen molar-refractivity contribution >= 4 is 11.7 Å². The molecule has 2 aromatic carbocycles. The minimum atomic E-state index is -0.507. The number of nitro groups is 1. The minimum absolute atomic E-state index is 0.0387. The van der Waals surface area contributed by atoms with Gasteiger partial charge in [0, 0.05) is 18.1 Å². The van der Waals surface area contributed by atoms with E-state index < -0.39 is 10.9 Å². The molecule has 0 saturated carbocycles. The molecule has 0 aliphatic rings. The van der Waals surface area contributed by atoms with Gasteiger partial charge in [-0.05, 0) is 6.07 Å². The number of carbonyl (C=O) groups is 1. The highest BCUT2D eigenvalue weighted by Gasteiger charge is 2.15. The van der Waals surface area contributed by atoms with E-state index >= 15 is 0 Å². The van der Waals surface area contributed by atoms with E-state index in [0.29, 0.717) is 17.3 Å². The summed E-state index contributed by atoms with van der Waals surface area (Å²) in [7, 11) is 0. The van der Waals surface area contributed by atoms with E-state index in [1.807, 2.05) is 30.3 Å². The quantitative estimate of drug-likeness (QED) is 0.364. The van der Waals surface area contributed by atoms with E-state index in [0.717, 1.165) is 5.56 Å². The molecule has 8 heteroatoms. The van der Waals surface area contributed by atoms with Crippen LogP contribution in [0.1, 0.15) is 17.9 Å². The number of benzene rings is 2. The van der Waals surface area contributed by atoms with Crippen LogP contribution in [0.25, 0.3) is 11.4 Å². The smallest absolute Gasteiger partial charge is 0.306 e. The van der Waals surface area contributed by atoms with Gasteiger partial charge in [0.25, 0.3) is 5.69 Å². The zero-order valence-corrected chi connectivity index (χ0v) is 13.7. The number of aryl methyl sites for hydroxylation is 1. The van der Waals surface area contributed by atoms with Crippen LogP contribution < -0.4 is 0 Å². The van der Waals surface area contributed by atoms with E-state index in [-0.39, 0.29) is 25.1 Å². The Bertz CT molecular complexity index is 908. The molecule has 1 heterocycles. The van der Waals surface area contributed by atoms with Crippen LogP contribution in [0.3, 0.4) is 0 Å². The standard InChI is InChI=1S/C18H15N3O5/c22-17(25-12-14-8-4-5-9-15(14)21(23)24)11-10-16-19-18(20-26-16)13-6-2-1-3-7-13/h1-9H,10-12H2. The zero-order chi connectivity index (χ0) is 18.4. The van der Waals surface area contributed by atoms with Gasteiger partial charge in [0.1, 0.15) is 6.61 Å². The first kappa shape index (κ1) is 17.3. The van der Waals surface area contributed by atoms with Crippen LogP contribution in [0.5, 0.6) is 0 Å². The number of hydrogen-bond donors (Lipinski definition) is 0. The van der Waals surface area contributed by atoms with Gasteiger partial charge in [0.2, 0.25) is 11.7 Å². The molecule has 0 spiro atoms. The maximum Gasteiger partial charge on any atom is 0.306 e. The van der Waals surface area contributed by atoms with Crippen LogP contribution in [0.4, 0.5) is 5.69 Å².